The van der Waals surface area contributed by atoms with Crippen LogP contribution in [0.15, 0.2) is 0 Å². The summed E-state index contributed by atoms with van der Waals surface area (Å²) in [6.45, 7) is 7.90. The minimum Gasteiger partial charge on any atom is -0.360 e. The molecule has 1 aliphatic heterocycles. The summed E-state index contributed by atoms with van der Waals surface area (Å²) in [7, 11) is 2.14. The third-order valence-corrected chi connectivity index (χ3v) is 4.70. The third kappa shape index (κ3) is 3.89. The highest BCUT2D eigenvalue weighted by Gasteiger charge is 2.29. The molecule has 2 heterocycles. The fourth-order valence-electron chi connectivity index (χ4n) is 2.24. The highest BCUT2D eigenvalue weighted by molar-refractivity contribution is 7.17. The van der Waals surface area contributed by atoms with Crippen molar-refractivity contribution in [3.05, 3.63) is 5.01 Å². The molecule has 1 saturated heterocycles. The lowest BCUT2D eigenvalue weighted by Gasteiger charge is -2.37. The van der Waals surface area contributed by atoms with Gasteiger partial charge in [0.15, 0.2) is 0 Å². The lowest BCUT2D eigenvalue weighted by Crippen LogP contribution is -2.43. The van der Waals surface area contributed by atoms with E-state index in [9.17, 15) is 4.79 Å². The molecule has 0 saturated carbocycles. The van der Waals surface area contributed by atoms with Crippen molar-refractivity contribution in [3.8, 4) is 0 Å². The Bertz CT molecular complexity index is 453. The zero-order valence-corrected chi connectivity index (χ0v) is 13.2. The Morgan fingerprint density at radius 1 is 1.40 bits per heavy atom. The monoisotopic (exact) mass is 297 g/mol. The quantitative estimate of drug-likeness (QED) is 0.860. The molecule has 7 heteroatoms. The van der Waals surface area contributed by atoms with Gasteiger partial charge in [-0.05, 0) is 45.3 Å². The van der Waals surface area contributed by atoms with Crippen molar-refractivity contribution in [1.82, 2.24) is 20.4 Å². The Kier molecular flexibility index (Phi) is 4.93. The third-order valence-electron chi connectivity index (χ3n) is 3.82. The second-order valence-corrected chi connectivity index (χ2v) is 6.72. The van der Waals surface area contributed by atoms with Crippen LogP contribution in [-0.4, -0.2) is 54.2 Å². The average molecular weight is 297 g/mol. The van der Waals surface area contributed by atoms with Gasteiger partial charge >= 0.3 is 0 Å². The zero-order chi connectivity index (χ0) is 14.6. The van der Waals surface area contributed by atoms with Gasteiger partial charge < -0.3 is 15.5 Å². The van der Waals surface area contributed by atoms with Crippen molar-refractivity contribution in [2.75, 3.05) is 38.5 Å². The highest BCUT2D eigenvalue weighted by atomic mass is 32.1. The second-order valence-electron chi connectivity index (χ2n) is 5.74. The van der Waals surface area contributed by atoms with E-state index < -0.39 is 0 Å². The van der Waals surface area contributed by atoms with Crippen LogP contribution in [0.2, 0.25) is 0 Å². The molecule has 1 aliphatic rings. The van der Waals surface area contributed by atoms with Crippen LogP contribution in [0.3, 0.4) is 0 Å². The van der Waals surface area contributed by atoms with Crippen LogP contribution in [0.1, 0.15) is 36.5 Å². The van der Waals surface area contributed by atoms with Gasteiger partial charge in [0.1, 0.15) is 0 Å². The number of nitrogens with zero attached hydrogens (tertiary/aromatic N) is 3. The van der Waals surface area contributed by atoms with Crippen molar-refractivity contribution in [3.63, 3.8) is 0 Å². The van der Waals surface area contributed by atoms with Gasteiger partial charge in [0, 0.05) is 13.1 Å². The maximum Gasteiger partial charge on any atom is 0.282 e. The molecule has 2 N–H and O–H groups in total. The number of carbonyl (C=O) groups excluding carboxylic acids is 1. The van der Waals surface area contributed by atoms with Gasteiger partial charge in [-0.2, -0.15) is 0 Å². The molecule has 0 spiro atoms. The maximum atomic E-state index is 12.1. The van der Waals surface area contributed by atoms with E-state index in [1.165, 1.54) is 11.3 Å². The average Bonchev–Trinajstić information content (AvgIpc) is 2.89. The van der Waals surface area contributed by atoms with E-state index in [-0.39, 0.29) is 11.3 Å². The van der Waals surface area contributed by atoms with Crippen LogP contribution in [0.25, 0.3) is 0 Å². The van der Waals surface area contributed by atoms with Gasteiger partial charge in [0.2, 0.25) is 10.1 Å². The molecule has 1 aromatic heterocycles. The molecular weight excluding hydrogens is 274 g/mol. The first-order valence-corrected chi connectivity index (χ1v) is 7.88. The van der Waals surface area contributed by atoms with E-state index >= 15 is 0 Å². The summed E-state index contributed by atoms with van der Waals surface area (Å²) in [5.74, 6) is -0.119. The Morgan fingerprint density at radius 2 is 2.10 bits per heavy atom. The van der Waals surface area contributed by atoms with E-state index in [0.717, 1.165) is 32.5 Å². The van der Waals surface area contributed by atoms with Gasteiger partial charge in [-0.3, -0.25) is 4.79 Å². The van der Waals surface area contributed by atoms with Gasteiger partial charge in [0.25, 0.3) is 5.91 Å². The SMILES string of the molecule is CCNc1nnc(C(=O)NCC2(C)CCN(C)CC2)s1. The number of nitrogens with one attached hydrogen (secondary N) is 2. The van der Waals surface area contributed by atoms with Crippen LogP contribution in [0.4, 0.5) is 5.13 Å². The molecule has 0 aromatic carbocycles. The predicted octanol–water partition coefficient (Wildman–Crippen LogP) is 1.43. The number of rotatable bonds is 5. The van der Waals surface area contributed by atoms with Crippen LogP contribution in [0, 0.1) is 5.41 Å². The number of piperidine rings is 1. The Morgan fingerprint density at radius 3 is 2.75 bits per heavy atom. The van der Waals surface area contributed by atoms with E-state index in [2.05, 4.69) is 39.7 Å². The number of aromatic nitrogens is 2. The molecule has 0 bridgehead atoms. The largest absolute Gasteiger partial charge is 0.360 e. The first-order chi connectivity index (χ1) is 9.52. The van der Waals surface area contributed by atoms with Crippen molar-refractivity contribution < 1.29 is 4.79 Å². The van der Waals surface area contributed by atoms with E-state index in [1.54, 1.807) is 0 Å². The first-order valence-electron chi connectivity index (χ1n) is 7.06. The molecule has 6 nitrogen and oxygen atoms in total. The molecule has 0 radical (unpaired) electrons. The molecule has 1 amide bonds. The Balaban J connectivity index is 1.85. The number of hydrogen-bond acceptors (Lipinski definition) is 6. The molecule has 2 rings (SSSR count). The normalized spacial score (nSPS) is 18.8. The van der Waals surface area contributed by atoms with Crippen LogP contribution in [0.5, 0.6) is 0 Å². The predicted molar refractivity (Wildman–Crippen MR) is 81.2 cm³/mol. The number of carbonyl (C=O) groups is 1. The molecule has 0 unspecified atom stereocenters. The van der Waals surface area contributed by atoms with Gasteiger partial charge in [-0.15, -0.1) is 10.2 Å². The van der Waals surface area contributed by atoms with Crippen LogP contribution >= 0.6 is 11.3 Å². The highest BCUT2D eigenvalue weighted by Crippen LogP contribution is 2.29. The van der Waals surface area contributed by atoms with Crippen molar-refractivity contribution in [2.24, 2.45) is 5.41 Å². The molecule has 1 fully saturated rings. The second kappa shape index (κ2) is 6.49. The van der Waals surface area contributed by atoms with Crippen molar-refractivity contribution in [1.29, 1.82) is 0 Å². The summed E-state index contributed by atoms with van der Waals surface area (Å²) in [6.07, 6.45) is 2.23. The minimum absolute atomic E-state index is 0.119. The lowest BCUT2D eigenvalue weighted by molar-refractivity contribution is 0.0890. The van der Waals surface area contributed by atoms with Crippen molar-refractivity contribution in [2.45, 2.75) is 26.7 Å². The number of anilines is 1. The van der Waals surface area contributed by atoms with Crippen LogP contribution < -0.4 is 10.6 Å². The number of amides is 1. The smallest absolute Gasteiger partial charge is 0.282 e. The number of hydrogen-bond donors (Lipinski definition) is 2. The summed E-state index contributed by atoms with van der Waals surface area (Å²) in [5, 5.41) is 15.0. The molecule has 1 aromatic rings. The summed E-state index contributed by atoms with van der Waals surface area (Å²) < 4.78 is 0. The zero-order valence-electron chi connectivity index (χ0n) is 12.4. The Hall–Kier alpha value is -1.21. The topological polar surface area (TPSA) is 70.1 Å². The molecule has 112 valence electrons. The lowest BCUT2D eigenvalue weighted by atomic mass is 9.80. The maximum absolute atomic E-state index is 12.1. The van der Waals surface area contributed by atoms with Gasteiger partial charge in [0.05, 0.1) is 0 Å². The molecule has 0 atom stereocenters. The summed E-state index contributed by atoms with van der Waals surface area (Å²) >= 11 is 1.30. The van der Waals surface area contributed by atoms with E-state index in [1.807, 2.05) is 6.92 Å². The summed E-state index contributed by atoms with van der Waals surface area (Å²) in [5.41, 5.74) is 0.192. The van der Waals surface area contributed by atoms with Crippen LogP contribution in [-0.2, 0) is 0 Å². The number of likely N-dealkylation sites (tertiary alicyclic amines) is 1. The molecule has 20 heavy (non-hydrogen) atoms. The molecular formula is C13H23N5OS. The van der Waals surface area contributed by atoms with Gasteiger partial charge in [-0.25, -0.2) is 0 Å². The van der Waals surface area contributed by atoms with Gasteiger partial charge in [-0.1, -0.05) is 18.3 Å². The fourth-order valence-corrected chi connectivity index (χ4v) is 2.97. The minimum atomic E-state index is -0.119. The summed E-state index contributed by atoms with van der Waals surface area (Å²) in [4.78, 5) is 14.4. The standard InChI is InChI=1S/C13H23N5OS/c1-4-14-12-17-16-11(20-12)10(19)15-9-13(2)5-7-18(3)8-6-13/h4-9H2,1-3H3,(H,14,17)(H,15,19). The molecule has 0 aliphatic carbocycles. The van der Waals surface area contributed by atoms with E-state index in [0.29, 0.717) is 16.7 Å². The van der Waals surface area contributed by atoms with Crippen molar-refractivity contribution >= 4 is 22.4 Å². The Labute approximate surface area is 124 Å². The van der Waals surface area contributed by atoms with E-state index in [4.69, 9.17) is 0 Å². The summed E-state index contributed by atoms with van der Waals surface area (Å²) in [6, 6.07) is 0. The fraction of sp³-hybridized carbons (Fsp3) is 0.769. The first kappa shape index (κ1) is 15.2.